The fourth-order valence-corrected chi connectivity index (χ4v) is 2.17. The van der Waals surface area contributed by atoms with Gasteiger partial charge in [0.15, 0.2) is 0 Å². The maximum absolute atomic E-state index is 12.3. The second-order valence-corrected chi connectivity index (χ2v) is 5.18. The van der Waals surface area contributed by atoms with E-state index in [0.29, 0.717) is 16.7 Å². The van der Waals surface area contributed by atoms with E-state index in [9.17, 15) is 15.0 Å². The van der Waals surface area contributed by atoms with Gasteiger partial charge in [0.05, 0.1) is 23.9 Å². The Bertz CT molecular complexity index is 669. The number of aliphatic hydroxyl groups excluding tert-OH is 1. The first-order chi connectivity index (χ1) is 9.92. The molecule has 21 heavy (non-hydrogen) atoms. The van der Waals surface area contributed by atoms with Gasteiger partial charge in [-0.25, -0.2) is 0 Å². The number of hydrogen-bond donors (Lipinski definition) is 3. The number of carbonyl (C=O) groups is 1. The quantitative estimate of drug-likeness (QED) is 0.799. The van der Waals surface area contributed by atoms with Crippen molar-refractivity contribution in [2.45, 2.75) is 13.0 Å². The molecule has 112 valence electrons. The van der Waals surface area contributed by atoms with E-state index in [-0.39, 0.29) is 23.3 Å². The zero-order valence-corrected chi connectivity index (χ0v) is 12.4. The van der Waals surface area contributed by atoms with Crippen LogP contribution >= 0.6 is 11.6 Å². The molecule has 0 bridgehead atoms. The van der Waals surface area contributed by atoms with Crippen LogP contribution in [-0.4, -0.2) is 32.5 Å². The number of aliphatic hydroxyl groups is 1. The Morgan fingerprint density at radius 3 is 2.81 bits per heavy atom. The van der Waals surface area contributed by atoms with Crippen LogP contribution in [0.15, 0.2) is 24.5 Å². The molecule has 0 saturated heterocycles. The Morgan fingerprint density at radius 1 is 1.52 bits per heavy atom. The van der Waals surface area contributed by atoms with Crippen LogP contribution in [0.5, 0.6) is 5.75 Å². The first-order valence-electron chi connectivity index (χ1n) is 6.31. The number of aromatic hydroxyl groups is 1. The van der Waals surface area contributed by atoms with Crippen LogP contribution in [-0.2, 0) is 7.05 Å². The minimum atomic E-state index is -0.557. The molecule has 2 aromatic rings. The molecule has 0 saturated carbocycles. The maximum Gasteiger partial charge on any atom is 0.252 e. The fourth-order valence-electron chi connectivity index (χ4n) is 2.00. The predicted molar refractivity (Wildman–Crippen MR) is 78.4 cm³/mol. The summed E-state index contributed by atoms with van der Waals surface area (Å²) in [5.74, 6) is -0.450. The summed E-state index contributed by atoms with van der Waals surface area (Å²) in [6.45, 7) is 1.45. The molecule has 1 atom stereocenters. The van der Waals surface area contributed by atoms with Crippen molar-refractivity contribution in [1.29, 1.82) is 0 Å². The van der Waals surface area contributed by atoms with Crippen LogP contribution in [0, 0.1) is 6.92 Å². The van der Waals surface area contributed by atoms with Gasteiger partial charge >= 0.3 is 0 Å². The SMILES string of the molecule is Cc1cc(O)c(Cl)cc1C(=O)NC(CO)c1cnn(C)c1. The summed E-state index contributed by atoms with van der Waals surface area (Å²) in [6, 6.07) is 2.27. The topological polar surface area (TPSA) is 87.4 Å². The molecule has 0 aliphatic heterocycles. The Balaban J connectivity index is 2.22. The van der Waals surface area contributed by atoms with E-state index in [1.165, 1.54) is 12.1 Å². The van der Waals surface area contributed by atoms with E-state index >= 15 is 0 Å². The highest BCUT2D eigenvalue weighted by molar-refractivity contribution is 6.32. The summed E-state index contributed by atoms with van der Waals surface area (Å²) < 4.78 is 1.59. The van der Waals surface area contributed by atoms with Crippen LogP contribution in [0.2, 0.25) is 5.02 Å². The molecule has 0 aliphatic rings. The molecule has 0 spiro atoms. The summed E-state index contributed by atoms with van der Waals surface area (Å²) in [6.07, 6.45) is 3.30. The zero-order chi connectivity index (χ0) is 15.6. The van der Waals surface area contributed by atoms with Gasteiger partial charge in [0.2, 0.25) is 0 Å². The van der Waals surface area contributed by atoms with Crippen LogP contribution in [0.1, 0.15) is 27.5 Å². The number of halogens is 1. The molecule has 1 heterocycles. The molecule has 3 N–H and O–H groups in total. The lowest BCUT2D eigenvalue weighted by atomic mass is 10.1. The van der Waals surface area contributed by atoms with E-state index in [1.807, 2.05) is 0 Å². The van der Waals surface area contributed by atoms with Crippen LogP contribution < -0.4 is 5.32 Å². The average Bonchev–Trinajstić information content (AvgIpc) is 2.86. The molecule has 1 unspecified atom stereocenters. The highest BCUT2D eigenvalue weighted by Gasteiger charge is 2.18. The summed E-state index contributed by atoms with van der Waals surface area (Å²) in [5, 5.41) is 25.8. The molecule has 6 nitrogen and oxygen atoms in total. The molecule has 1 aromatic heterocycles. The van der Waals surface area contributed by atoms with Gasteiger partial charge in [-0.2, -0.15) is 5.10 Å². The minimum absolute atomic E-state index is 0.0725. The Kier molecular flexibility index (Phi) is 4.50. The number of benzene rings is 1. The number of phenolic OH excluding ortho intramolecular Hbond substituents is 1. The van der Waals surface area contributed by atoms with Gasteiger partial charge in [-0.1, -0.05) is 11.6 Å². The number of aryl methyl sites for hydroxylation is 2. The number of rotatable bonds is 4. The van der Waals surface area contributed by atoms with Gasteiger partial charge in [0, 0.05) is 24.4 Å². The van der Waals surface area contributed by atoms with Crippen molar-refractivity contribution in [3.63, 3.8) is 0 Å². The normalized spacial score (nSPS) is 12.2. The smallest absolute Gasteiger partial charge is 0.252 e. The third-order valence-corrected chi connectivity index (χ3v) is 3.46. The zero-order valence-electron chi connectivity index (χ0n) is 11.7. The van der Waals surface area contributed by atoms with Crippen molar-refractivity contribution in [2.75, 3.05) is 6.61 Å². The van der Waals surface area contributed by atoms with E-state index in [4.69, 9.17) is 11.6 Å². The molecule has 2 rings (SSSR count). The molecule has 0 fully saturated rings. The van der Waals surface area contributed by atoms with E-state index in [0.717, 1.165) is 0 Å². The number of hydrogen-bond acceptors (Lipinski definition) is 4. The lowest BCUT2D eigenvalue weighted by Crippen LogP contribution is -2.31. The molecule has 7 heteroatoms. The molecule has 0 aliphatic carbocycles. The van der Waals surface area contributed by atoms with E-state index < -0.39 is 6.04 Å². The Hall–Kier alpha value is -2.05. The van der Waals surface area contributed by atoms with Crippen molar-refractivity contribution in [2.24, 2.45) is 7.05 Å². The number of amides is 1. The number of nitrogens with zero attached hydrogens (tertiary/aromatic N) is 2. The average molecular weight is 310 g/mol. The number of nitrogens with one attached hydrogen (secondary N) is 1. The highest BCUT2D eigenvalue weighted by atomic mass is 35.5. The second kappa shape index (κ2) is 6.15. The lowest BCUT2D eigenvalue weighted by Gasteiger charge is -2.16. The van der Waals surface area contributed by atoms with Gasteiger partial charge in [0.1, 0.15) is 5.75 Å². The number of phenols is 1. The predicted octanol–water partition coefficient (Wildman–Crippen LogP) is 1.55. The van der Waals surface area contributed by atoms with Gasteiger partial charge in [-0.15, -0.1) is 0 Å². The summed E-state index contributed by atoms with van der Waals surface area (Å²) in [7, 11) is 1.75. The van der Waals surface area contributed by atoms with Crippen molar-refractivity contribution in [3.05, 3.63) is 46.2 Å². The molecule has 1 aromatic carbocycles. The van der Waals surface area contributed by atoms with Gasteiger partial charge < -0.3 is 15.5 Å². The van der Waals surface area contributed by atoms with Crippen LogP contribution in [0.3, 0.4) is 0 Å². The fraction of sp³-hybridized carbons (Fsp3) is 0.286. The second-order valence-electron chi connectivity index (χ2n) is 4.77. The van der Waals surface area contributed by atoms with Crippen molar-refractivity contribution in [3.8, 4) is 5.75 Å². The van der Waals surface area contributed by atoms with E-state index in [1.54, 1.807) is 31.0 Å². The highest BCUT2D eigenvalue weighted by Crippen LogP contribution is 2.27. The summed E-state index contributed by atoms with van der Waals surface area (Å²) in [4.78, 5) is 12.3. The lowest BCUT2D eigenvalue weighted by molar-refractivity contribution is 0.0915. The largest absolute Gasteiger partial charge is 0.506 e. The van der Waals surface area contributed by atoms with Crippen LogP contribution in [0.4, 0.5) is 0 Å². The first kappa shape index (κ1) is 15.3. The van der Waals surface area contributed by atoms with Gasteiger partial charge in [-0.05, 0) is 24.6 Å². The number of carbonyl (C=O) groups excluding carboxylic acids is 1. The first-order valence-corrected chi connectivity index (χ1v) is 6.69. The monoisotopic (exact) mass is 309 g/mol. The van der Waals surface area contributed by atoms with Crippen molar-refractivity contribution in [1.82, 2.24) is 15.1 Å². The third kappa shape index (κ3) is 3.34. The third-order valence-electron chi connectivity index (χ3n) is 3.15. The molecule has 1 amide bonds. The van der Waals surface area contributed by atoms with Crippen molar-refractivity contribution < 1.29 is 15.0 Å². The molecular weight excluding hydrogens is 294 g/mol. The van der Waals surface area contributed by atoms with Gasteiger partial charge in [-0.3, -0.25) is 9.48 Å². The summed E-state index contributed by atoms with van der Waals surface area (Å²) in [5.41, 5.74) is 1.65. The molecule has 0 radical (unpaired) electrons. The van der Waals surface area contributed by atoms with Gasteiger partial charge in [0.25, 0.3) is 5.91 Å². The van der Waals surface area contributed by atoms with Crippen molar-refractivity contribution >= 4 is 17.5 Å². The van der Waals surface area contributed by atoms with E-state index in [2.05, 4.69) is 10.4 Å². The standard InChI is InChI=1S/C14H16ClN3O3/c1-8-3-13(20)11(15)4-10(8)14(21)17-12(7-19)9-5-16-18(2)6-9/h3-6,12,19-20H,7H2,1-2H3,(H,17,21). The molecular formula is C14H16ClN3O3. The minimum Gasteiger partial charge on any atom is -0.506 e. The van der Waals surface area contributed by atoms with Crippen LogP contribution in [0.25, 0.3) is 0 Å². The maximum atomic E-state index is 12.3. The number of aromatic nitrogens is 2. The Labute approximate surface area is 127 Å². The Morgan fingerprint density at radius 2 is 2.24 bits per heavy atom. The summed E-state index contributed by atoms with van der Waals surface area (Å²) >= 11 is 5.83.